The van der Waals surface area contributed by atoms with Crippen LogP contribution in [0, 0.1) is 0 Å². The summed E-state index contributed by atoms with van der Waals surface area (Å²) in [7, 11) is 0. The first-order valence-electron chi connectivity index (χ1n) is 2.41. The zero-order chi connectivity index (χ0) is 6.69. The third-order valence-electron chi connectivity index (χ3n) is 0.904. The highest BCUT2D eigenvalue weighted by Gasteiger charge is 1.97. The molecule has 9 heavy (non-hydrogen) atoms. The summed E-state index contributed by atoms with van der Waals surface area (Å²) in [5, 5.41) is 0. The Balaban J connectivity index is 2.77. The van der Waals surface area contributed by atoms with Gasteiger partial charge in [-0.15, -0.1) is 11.8 Å². The van der Waals surface area contributed by atoms with Gasteiger partial charge in [0, 0.05) is 0 Å². The third-order valence-corrected chi connectivity index (χ3v) is 2.21. The van der Waals surface area contributed by atoms with Crippen molar-refractivity contribution in [2.45, 2.75) is 0 Å². The maximum atomic E-state index is 4.97. The number of H-pyrrole nitrogens is 1. The van der Waals surface area contributed by atoms with Gasteiger partial charge in [0.2, 0.25) is 0 Å². The highest BCUT2D eigenvalue weighted by atomic mass is 32.2. The number of rotatable bonds is 1. The Kier molecular flexibility index (Phi) is 2.24. The molecule has 1 N–H and O–H groups in total. The van der Waals surface area contributed by atoms with Gasteiger partial charge in [0.1, 0.15) is 0 Å². The Bertz CT molecular complexity index is 193. The Morgan fingerprint density at radius 1 is 1.89 bits per heavy atom. The maximum absolute atomic E-state index is 4.97. The lowest BCUT2D eigenvalue weighted by atomic mass is 10.6. The number of thioether (sulfide) groups is 1. The van der Waals surface area contributed by atoms with E-state index < -0.39 is 0 Å². The minimum atomic E-state index is 0.854. The first kappa shape index (κ1) is 6.77. The summed E-state index contributed by atoms with van der Waals surface area (Å²) in [6.07, 6.45) is 5.29. The second-order valence-electron chi connectivity index (χ2n) is 1.46. The highest BCUT2D eigenvalue weighted by Crippen LogP contribution is 2.05. The molecule has 1 rings (SSSR count). The number of aromatic nitrogens is 2. The van der Waals surface area contributed by atoms with E-state index in [0.717, 1.165) is 9.89 Å². The van der Waals surface area contributed by atoms with E-state index in [1.54, 1.807) is 24.3 Å². The normalized spacial score (nSPS) is 9.44. The van der Waals surface area contributed by atoms with E-state index >= 15 is 0 Å². The molecule has 0 unspecified atom stereocenters. The quantitative estimate of drug-likeness (QED) is 0.627. The second kappa shape index (κ2) is 2.98. The topological polar surface area (TPSA) is 28.7 Å². The lowest BCUT2D eigenvalue weighted by Gasteiger charge is -1.90. The molecule has 0 fully saturated rings. The van der Waals surface area contributed by atoms with Crippen molar-refractivity contribution in [1.29, 1.82) is 0 Å². The third kappa shape index (κ3) is 1.53. The summed E-state index contributed by atoms with van der Waals surface area (Å²) in [6, 6.07) is 0. The summed E-state index contributed by atoms with van der Waals surface area (Å²) in [6.45, 7) is 0. The van der Waals surface area contributed by atoms with Crippen molar-refractivity contribution >= 4 is 28.2 Å². The smallest absolute Gasteiger partial charge is 0.0954 e. The van der Waals surface area contributed by atoms with Crippen LogP contribution in [-0.4, -0.2) is 20.4 Å². The molecule has 0 aliphatic carbocycles. The standard InChI is InChI=1S/C5H6N2S2/c1-9-5(8)4-2-6-3-7-4/h2-3H,1H3,(H,6,7). The second-order valence-corrected chi connectivity index (χ2v) is 2.94. The van der Waals surface area contributed by atoms with Gasteiger partial charge in [-0.2, -0.15) is 0 Å². The molecular formula is C5H6N2S2. The first-order valence-corrected chi connectivity index (χ1v) is 4.04. The molecule has 0 aliphatic rings. The van der Waals surface area contributed by atoms with Gasteiger partial charge in [0.05, 0.1) is 22.4 Å². The van der Waals surface area contributed by atoms with Gasteiger partial charge in [0.15, 0.2) is 0 Å². The van der Waals surface area contributed by atoms with Gasteiger partial charge in [0.25, 0.3) is 0 Å². The molecule has 1 aromatic rings. The number of aromatic amines is 1. The van der Waals surface area contributed by atoms with Gasteiger partial charge >= 0.3 is 0 Å². The Hall–Kier alpha value is -0.350. The average molecular weight is 158 g/mol. The lowest BCUT2D eigenvalue weighted by molar-refractivity contribution is 1.31. The summed E-state index contributed by atoms with van der Waals surface area (Å²) >= 11 is 6.51. The van der Waals surface area contributed by atoms with Crippen LogP contribution in [0.5, 0.6) is 0 Å². The fraction of sp³-hybridized carbons (Fsp3) is 0.200. The summed E-state index contributed by atoms with van der Waals surface area (Å²) in [5.74, 6) is 0. The molecule has 0 radical (unpaired) electrons. The molecular weight excluding hydrogens is 152 g/mol. The van der Waals surface area contributed by atoms with Crippen molar-refractivity contribution < 1.29 is 0 Å². The van der Waals surface area contributed by atoms with Gasteiger partial charge < -0.3 is 4.98 Å². The minimum Gasteiger partial charge on any atom is -0.344 e. The molecule has 0 saturated carbocycles. The van der Waals surface area contributed by atoms with Crippen molar-refractivity contribution in [2.75, 3.05) is 6.26 Å². The number of hydrogen-bond acceptors (Lipinski definition) is 3. The van der Waals surface area contributed by atoms with E-state index in [1.165, 1.54) is 0 Å². The minimum absolute atomic E-state index is 0.854. The maximum Gasteiger partial charge on any atom is 0.0954 e. The van der Waals surface area contributed by atoms with Crippen LogP contribution in [0.2, 0.25) is 0 Å². The predicted octanol–water partition coefficient (Wildman–Crippen LogP) is 1.45. The highest BCUT2D eigenvalue weighted by molar-refractivity contribution is 8.23. The van der Waals surface area contributed by atoms with Crippen LogP contribution in [-0.2, 0) is 0 Å². The predicted molar refractivity (Wildman–Crippen MR) is 43.8 cm³/mol. The Morgan fingerprint density at radius 2 is 2.67 bits per heavy atom. The van der Waals surface area contributed by atoms with Crippen LogP contribution < -0.4 is 0 Å². The van der Waals surface area contributed by atoms with Crippen LogP contribution >= 0.6 is 24.0 Å². The van der Waals surface area contributed by atoms with E-state index in [1.807, 2.05) is 6.26 Å². The Morgan fingerprint density at radius 3 is 3.11 bits per heavy atom. The average Bonchev–Trinajstić information content (AvgIpc) is 2.37. The number of hydrogen-bond donors (Lipinski definition) is 1. The number of nitrogens with zero attached hydrogens (tertiary/aromatic N) is 1. The Labute approximate surface area is 63.1 Å². The molecule has 1 heterocycles. The SMILES string of the molecule is CSC(=S)c1cnc[nH]1. The first-order chi connectivity index (χ1) is 4.34. The fourth-order valence-corrected chi connectivity index (χ4v) is 0.921. The monoisotopic (exact) mass is 158 g/mol. The lowest BCUT2D eigenvalue weighted by Crippen LogP contribution is -1.88. The fourth-order valence-electron chi connectivity index (χ4n) is 0.477. The van der Waals surface area contributed by atoms with Gasteiger partial charge in [-0.25, -0.2) is 4.98 Å². The van der Waals surface area contributed by atoms with Crippen molar-refractivity contribution in [1.82, 2.24) is 9.97 Å². The zero-order valence-corrected chi connectivity index (χ0v) is 6.55. The van der Waals surface area contributed by atoms with Crippen molar-refractivity contribution in [3.05, 3.63) is 18.2 Å². The number of imidazole rings is 1. The molecule has 0 aromatic carbocycles. The molecule has 0 amide bonds. The van der Waals surface area contributed by atoms with Crippen molar-refractivity contribution in [3.63, 3.8) is 0 Å². The van der Waals surface area contributed by atoms with Crippen molar-refractivity contribution in [3.8, 4) is 0 Å². The van der Waals surface area contributed by atoms with E-state index in [-0.39, 0.29) is 0 Å². The zero-order valence-electron chi connectivity index (χ0n) is 4.92. The molecule has 0 atom stereocenters. The van der Waals surface area contributed by atoms with E-state index in [9.17, 15) is 0 Å². The van der Waals surface area contributed by atoms with Gasteiger partial charge in [-0.1, -0.05) is 12.2 Å². The molecule has 0 aliphatic heterocycles. The molecule has 0 spiro atoms. The summed E-state index contributed by atoms with van der Waals surface area (Å²) in [5.41, 5.74) is 0.928. The van der Waals surface area contributed by atoms with Crippen LogP contribution in [0.15, 0.2) is 12.5 Å². The van der Waals surface area contributed by atoms with Crippen molar-refractivity contribution in [2.24, 2.45) is 0 Å². The van der Waals surface area contributed by atoms with E-state index in [0.29, 0.717) is 0 Å². The van der Waals surface area contributed by atoms with Crippen LogP contribution in [0.1, 0.15) is 5.69 Å². The molecule has 48 valence electrons. The van der Waals surface area contributed by atoms with E-state index in [2.05, 4.69) is 9.97 Å². The van der Waals surface area contributed by atoms with Gasteiger partial charge in [-0.3, -0.25) is 0 Å². The van der Waals surface area contributed by atoms with Crippen LogP contribution in [0.4, 0.5) is 0 Å². The molecule has 4 heteroatoms. The number of nitrogens with one attached hydrogen (secondary N) is 1. The molecule has 0 saturated heterocycles. The summed E-state index contributed by atoms with van der Waals surface area (Å²) in [4.78, 5) is 6.75. The van der Waals surface area contributed by atoms with Crippen LogP contribution in [0.25, 0.3) is 0 Å². The largest absolute Gasteiger partial charge is 0.344 e. The summed E-state index contributed by atoms with van der Waals surface area (Å²) < 4.78 is 0.854. The molecule has 1 aromatic heterocycles. The van der Waals surface area contributed by atoms with Gasteiger partial charge in [-0.05, 0) is 6.26 Å². The van der Waals surface area contributed by atoms with E-state index in [4.69, 9.17) is 12.2 Å². The molecule has 0 bridgehead atoms. The number of thiocarbonyl (C=S) groups is 1. The van der Waals surface area contributed by atoms with Crippen LogP contribution in [0.3, 0.4) is 0 Å². The molecule has 2 nitrogen and oxygen atoms in total.